The summed E-state index contributed by atoms with van der Waals surface area (Å²) in [5.74, 6) is -0.819. The summed E-state index contributed by atoms with van der Waals surface area (Å²) in [5.41, 5.74) is 0.862. The second kappa shape index (κ2) is 7.26. The lowest BCUT2D eigenvalue weighted by Crippen LogP contribution is -2.49. The number of hydrogen-bond donors (Lipinski definition) is 3. The van der Waals surface area contributed by atoms with Gasteiger partial charge in [-0.2, -0.15) is 0 Å². The molecule has 2 atom stereocenters. The molecule has 120 valence electrons. The number of carbonyl (C=O) groups is 2. The highest BCUT2D eigenvalue weighted by molar-refractivity contribution is 5.89. The van der Waals surface area contributed by atoms with E-state index in [2.05, 4.69) is 10.6 Å². The predicted molar refractivity (Wildman–Crippen MR) is 84.4 cm³/mol. The van der Waals surface area contributed by atoms with Crippen LogP contribution in [0.5, 0.6) is 0 Å². The van der Waals surface area contributed by atoms with E-state index in [-0.39, 0.29) is 12.6 Å². The molecule has 1 amide bonds. The number of aliphatic carboxylic acids is 1. The number of para-hydroxylation sites is 1. The minimum atomic E-state index is -0.971. The fraction of sp³-hybridized carbons (Fsp3) is 0.500. The highest BCUT2D eigenvalue weighted by Gasteiger charge is 2.37. The van der Waals surface area contributed by atoms with Crippen molar-refractivity contribution in [3.05, 3.63) is 30.3 Å². The van der Waals surface area contributed by atoms with Gasteiger partial charge in [0.25, 0.3) is 0 Å². The first-order valence-electron chi connectivity index (χ1n) is 7.54. The molecule has 0 aliphatic carbocycles. The molecule has 1 aromatic carbocycles. The topological polar surface area (TPSA) is 81.7 Å². The van der Waals surface area contributed by atoms with Gasteiger partial charge < -0.3 is 15.3 Å². The van der Waals surface area contributed by atoms with Gasteiger partial charge in [-0.3, -0.25) is 10.1 Å². The van der Waals surface area contributed by atoms with Crippen LogP contribution >= 0.6 is 0 Å². The quantitative estimate of drug-likeness (QED) is 0.739. The summed E-state index contributed by atoms with van der Waals surface area (Å²) in [6.45, 7) is 4.66. The molecule has 1 aliphatic heterocycles. The lowest BCUT2D eigenvalue weighted by molar-refractivity contribution is -0.148. The van der Waals surface area contributed by atoms with Crippen LogP contribution in [0, 0.1) is 5.92 Å². The van der Waals surface area contributed by atoms with Crippen molar-refractivity contribution in [3.8, 4) is 0 Å². The van der Waals surface area contributed by atoms with Crippen molar-refractivity contribution < 1.29 is 14.7 Å². The molecule has 1 aromatic rings. The molecule has 3 N–H and O–H groups in total. The van der Waals surface area contributed by atoms with Gasteiger partial charge in [0.2, 0.25) is 5.91 Å². The molecule has 1 heterocycles. The monoisotopic (exact) mass is 305 g/mol. The predicted octanol–water partition coefficient (Wildman–Crippen LogP) is 1.36. The smallest absolute Gasteiger partial charge is 0.327 e. The number of benzene rings is 1. The molecular weight excluding hydrogens is 282 g/mol. The summed E-state index contributed by atoms with van der Waals surface area (Å²) in [4.78, 5) is 25.4. The maximum atomic E-state index is 12.8. The Kier molecular flexibility index (Phi) is 5.38. The molecule has 0 bridgehead atoms. The van der Waals surface area contributed by atoms with Gasteiger partial charge in [0.1, 0.15) is 12.1 Å². The molecule has 0 spiro atoms. The standard InChI is InChI=1S/C16H23N3O3/c1-11(2)8-13(18-12-6-4-3-5-7-12)15(20)19-10-17-9-14(19)16(21)22/h3-7,11,13-14,17-18H,8-10H2,1-2H3,(H,21,22). The number of carboxylic acids is 1. The van der Waals surface area contributed by atoms with Crippen LogP contribution in [-0.2, 0) is 9.59 Å². The lowest BCUT2D eigenvalue weighted by atomic mass is 10.0. The zero-order valence-corrected chi connectivity index (χ0v) is 13.0. The van der Waals surface area contributed by atoms with Crippen molar-refractivity contribution in [2.75, 3.05) is 18.5 Å². The number of carboxylic acid groups (broad SMARTS) is 1. The van der Waals surface area contributed by atoms with Crippen LogP contribution in [0.1, 0.15) is 20.3 Å². The molecule has 22 heavy (non-hydrogen) atoms. The molecular formula is C16H23N3O3. The van der Waals surface area contributed by atoms with Gasteiger partial charge in [0.05, 0.1) is 6.67 Å². The van der Waals surface area contributed by atoms with Gasteiger partial charge in [0, 0.05) is 12.2 Å². The molecule has 0 aromatic heterocycles. The zero-order chi connectivity index (χ0) is 16.1. The molecule has 2 unspecified atom stereocenters. The van der Waals surface area contributed by atoms with Gasteiger partial charge in [0.15, 0.2) is 0 Å². The Morgan fingerprint density at radius 3 is 2.64 bits per heavy atom. The molecule has 0 radical (unpaired) electrons. The van der Waals surface area contributed by atoms with E-state index in [4.69, 9.17) is 0 Å². The summed E-state index contributed by atoms with van der Waals surface area (Å²) < 4.78 is 0. The van der Waals surface area contributed by atoms with Crippen LogP contribution in [0.25, 0.3) is 0 Å². The average Bonchev–Trinajstić information content (AvgIpc) is 2.96. The van der Waals surface area contributed by atoms with Crippen LogP contribution < -0.4 is 10.6 Å². The normalized spacial score (nSPS) is 19.2. The summed E-state index contributed by atoms with van der Waals surface area (Å²) >= 11 is 0. The van der Waals surface area contributed by atoms with Crippen LogP contribution in [0.4, 0.5) is 5.69 Å². The average molecular weight is 305 g/mol. The van der Waals surface area contributed by atoms with Crippen molar-refractivity contribution in [2.45, 2.75) is 32.4 Å². The Bertz CT molecular complexity index is 519. The van der Waals surface area contributed by atoms with Crippen molar-refractivity contribution in [1.29, 1.82) is 0 Å². The molecule has 1 fully saturated rings. The first kappa shape index (κ1) is 16.3. The van der Waals surface area contributed by atoms with Crippen molar-refractivity contribution in [3.63, 3.8) is 0 Å². The van der Waals surface area contributed by atoms with E-state index in [0.29, 0.717) is 18.9 Å². The number of hydrogen-bond acceptors (Lipinski definition) is 4. The summed E-state index contributed by atoms with van der Waals surface area (Å²) in [7, 11) is 0. The van der Waals surface area contributed by atoms with E-state index < -0.39 is 18.1 Å². The van der Waals surface area contributed by atoms with E-state index in [1.807, 2.05) is 44.2 Å². The number of anilines is 1. The van der Waals surface area contributed by atoms with Gasteiger partial charge >= 0.3 is 5.97 Å². The second-order valence-electron chi connectivity index (χ2n) is 5.97. The van der Waals surface area contributed by atoms with Gasteiger partial charge in [-0.15, -0.1) is 0 Å². The lowest BCUT2D eigenvalue weighted by Gasteiger charge is -2.28. The third-order valence-corrected chi connectivity index (χ3v) is 3.68. The van der Waals surface area contributed by atoms with Crippen molar-refractivity contribution >= 4 is 17.6 Å². The minimum absolute atomic E-state index is 0.171. The summed E-state index contributed by atoms with van der Waals surface area (Å²) in [6, 6.07) is 8.29. The maximum Gasteiger partial charge on any atom is 0.327 e. The van der Waals surface area contributed by atoms with Crippen molar-refractivity contribution in [1.82, 2.24) is 10.2 Å². The number of nitrogens with one attached hydrogen (secondary N) is 2. The third kappa shape index (κ3) is 3.98. The fourth-order valence-electron chi connectivity index (χ4n) is 2.62. The minimum Gasteiger partial charge on any atom is -0.480 e. The molecule has 1 saturated heterocycles. The molecule has 6 heteroatoms. The first-order chi connectivity index (χ1) is 10.5. The van der Waals surface area contributed by atoms with Crippen LogP contribution in [0.2, 0.25) is 0 Å². The molecule has 2 rings (SSSR count). The summed E-state index contributed by atoms with van der Waals surface area (Å²) in [6.07, 6.45) is 0.649. The van der Waals surface area contributed by atoms with E-state index in [1.165, 1.54) is 4.90 Å². The first-order valence-corrected chi connectivity index (χ1v) is 7.54. The molecule has 6 nitrogen and oxygen atoms in total. The van der Waals surface area contributed by atoms with Gasteiger partial charge in [-0.25, -0.2) is 4.79 Å². The maximum absolute atomic E-state index is 12.8. The van der Waals surface area contributed by atoms with Gasteiger partial charge in [-0.05, 0) is 24.5 Å². The van der Waals surface area contributed by atoms with E-state index in [1.54, 1.807) is 0 Å². The van der Waals surface area contributed by atoms with E-state index in [0.717, 1.165) is 5.69 Å². The Morgan fingerprint density at radius 1 is 1.36 bits per heavy atom. The van der Waals surface area contributed by atoms with Crippen LogP contribution in [0.3, 0.4) is 0 Å². The number of amides is 1. The largest absolute Gasteiger partial charge is 0.480 e. The fourth-order valence-corrected chi connectivity index (χ4v) is 2.62. The van der Waals surface area contributed by atoms with Gasteiger partial charge in [-0.1, -0.05) is 32.0 Å². The second-order valence-corrected chi connectivity index (χ2v) is 5.97. The Balaban J connectivity index is 2.14. The van der Waals surface area contributed by atoms with Crippen LogP contribution in [0.15, 0.2) is 30.3 Å². The zero-order valence-electron chi connectivity index (χ0n) is 13.0. The Morgan fingerprint density at radius 2 is 2.05 bits per heavy atom. The number of nitrogens with zero attached hydrogens (tertiary/aromatic N) is 1. The Labute approximate surface area is 130 Å². The van der Waals surface area contributed by atoms with Crippen LogP contribution in [-0.4, -0.2) is 47.2 Å². The highest BCUT2D eigenvalue weighted by atomic mass is 16.4. The van der Waals surface area contributed by atoms with E-state index >= 15 is 0 Å². The SMILES string of the molecule is CC(C)CC(Nc1ccccc1)C(=O)N1CNCC1C(=O)O. The van der Waals surface area contributed by atoms with Crippen molar-refractivity contribution in [2.24, 2.45) is 5.92 Å². The molecule has 1 aliphatic rings. The highest BCUT2D eigenvalue weighted by Crippen LogP contribution is 2.17. The summed E-state index contributed by atoms with van der Waals surface area (Å²) in [5, 5.41) is 15.4. The number of carbonyl (C=O) groups excluding carboxylic acids is 1. The van der Waals surface area contributed by atoms with E-state index in [9.17, 15) is 14.7 Å². The third-order valence-electron chi connectivity index (χ3n) is 3.68. The molecule has 0 saturated carbocycles. The number of rotatable bonds is 6. The Hall–Kier alpha value is -2.08.